The van der Waals surface area contributed by atoms with E-state index in [9.17, 15) is 19.5 Å². The van der Waals surface area contributed by atoms with E-state index in [1.807, 2.05) is 42.5 Å². The van der Waals surface area contributed by atoms with E-state index in [4.69, 9.17) is 9.94 Å². The van der Waals surface area contributed by atoms with Gasteiger partial charge in [0.1, 0.15) is 11.6 Å². The van der Waals surface area contributed by atoms with E-state index >= 15 is 0 Å². The molecule has 2 atom stereocenters. The van der Waals surface area contributed by atoms with Crippen LogP contribution in [-0.4, -0.2) is 52.5 Å². The lowest BCUT2D eigenvalue weighted by Gasteiger charge is -2.32. The maximum Gasteiger partial charge on any atom is 0.407 e. The Morgan fingerprint density at radius 1 is 1.12 bits per heavy atom. The van der Waals surface area contributed by atoms with Crippen molar-refractivity contribution in [2.75, 3.05) is 6.54 Å². The summed E-state index contributed by atoms with van der Waals surface area (Å²) < 4.78 is 5.24. The van der Waals surface area contributed by atoms with Gasteiger partial charge in [0, 0.05) is 12.5 Å². The van der Waals surface area contributed by atoms with Gasteiger partial charge in [-0.2, -0.15) is 0 Å². The number of rotatable bonds is 8. The molecule has 1 aromatic carbocycles. The smallest absolute Gasteiger partial charge is 0.407 e. The first-order valence-corrected chi connectivity index (χ1v) is 10.8. The number of hydroxylamine groups is 1. The maximum absolute atomic E-state index is 13.3. The zero-order chi connectivity index (χ0) is 24.6. The minimum Gasteiger partial charge on any atom is -0.444 e. The lowest BCUT2D eigenvalue weighted by molar-refractivity contribution is -0.139. The van der Waals surface area contributed by atoms with Gasteiger partial charge in [0.25, 0.3) is 5.91 Å². The molecule has 0 saturated heterocycles. The topological polar surface area (TPSA) is 137 Å². The van der Waals surface area contributed by atoms with Crippen molar-refractivity contribution < 1.29 is 29.4 Å². The molecule has 3 amide bonds. The molecule has 0 bridgehead atoms. The highest BCUT2D eigenvalue weighted by molar-refractivity contribution is 5.92. The van der Waals surface area contributed by atoms with E-state index in [1.165, 1.54) is 12.4 Å². The van der Waals surface area contributed by atoms with Gasteiger partial charge in [0.15, 0.2) is 0 Å². The number of aliphatic hydroxyl groups excluding tert-OH is 1. The fourth-order valence-corrected chi connectivity index (χ4v) is 3.44. The quantitative estimate of drug-likeness (QED) is 0.230. The Morgan fingerprint density at radius 3 is 2.24 bits per heavy atom. The average Bonchev–Trinajstić information content (AvgIpc) is 2.76. The normalized spacial score (nSPS) is 21.6. The highest BCUT2D eigenvalue weighted by Crippen LogP contribution is 2.35. The zero-order valence-electron chi connectivity index (χ0n) is 19.4. The van der Waals surface area contributed by atoms with Crippen LogP contribution in [0.4, 0.5) is 4.79 Å². The fraction of sp³-hybridized carbons (Fsp3) is 0.458. The summed E-state index contributed by atoms with van der Waals surface area (Å²) in [6.45, 7) is 6.70. The predicted octanol–water partition coefficient (Wildman–Crippen LogP) is 2.17. The summed E-state index contributed by atoms with van der Waals surface area (Å²) >= 11 is 0. The molecule has 0 spiro atoms. The van der Waals surface area contributed by atoms with Crippen molar-refractivity contribution in [1.82, 2.24) is 16.1 Å². The van der Waals surface area contributed by atoms with Crippen LogP contribution in [-0.2, 0) is 14.3 Å². The second-order valence-electron chi connectivity index (χ2n) is 9.04. The Bertz CT molecular complexity index is 875. The molecule has 5 N–H and O–H groups in total. The molecule has 0 fully saturated rings. The summed E-state index contributed by atoms with van der Waals surface area (Å²) in [5.74, 6) is -1.53. The third-order valence-electron chi connectivity index (χ3n) is 5.18. The molecule has 1 aliphatic rings. The lowest BCUT2D eigenvalue weighted by Crippen LogP contribution is -2.55. The van der Waals surface area contributed by atoms with Crippen LogP contribution in [0.1, 0.15) is 45.6 Å². The first-order valence-electron chi connectivity index (χ1n) is 10.8. The van der Waals surface area contributed by atoms with Crippen LogP contribution in [0.25, 0.3) is 0 Å². The van der Waals surface area contributed by atoms with Crippen LogP contribution < -0.4 is 16.1 Å². The number of nitrogens with one attached hydrogen (secondary N) is 3. The Kier molecular flexibility index (Phi) is 8.78. The van der Waals surface area contributed by atoms with Crippen molar-refractivity contribution >= 4 is 17.9 Å². The Hall–Kier alpha value is -3.17. The van der Waals surface area contributed by atoms with Crippen LogP contribution in [0.15, 0.2) is 54.6 Å². The summed E-state index contributed by atoms with van der Waals surface area (Å²) in [5, 5.41) is 24.0. The van der Waals surface area contributed by atoms with Crippen molar-refractivity contribution in [3.8, 4) is 0 Å². The molecule has 33 heavy (non-hydrogen) atoms. The van der Waals surface area contributed by atoms with Gasteiger partial charge in [-0.05, 0) is 39.7 Å². The molecule has 9 nitrogen and oxygen atoms in total. The van der Waals surface area contributed by atoms with Crippen LogP contribution >= 0.6 is 0 Å². The van der Waals surface area contributed by atoms with Gasteiger partial charge < -0.3 is 20.5 Å². The summed E-state index contributed by atoms with van der Waals surface area (Å²) in [4.78, 5) is 37.2. The van der Waals surface area contributed by atoms with Crippen molar-refractivity contribution in [3.63, 3.8) is 0 Å². The second-order valence-corrected chi connectivity index (χ2v) is 9.04. The predicted molar refractivity (Wildman–Crippen MR) is 122 cm³/mol. The molecule has 0 heterocycles. The summed E-state index contributed by atoms with van der Waals surface area (Å²) in [7, 11) is 0. The van der Waals surface area contributed by atoms with E-state index in [-0.39, 0.29) is 18.9 Å². The number of ether oxygens (including phenoxy) is 1. The van der Waals surface area contributed by atoms with Crippen LogP contribution in [0.3, 0.4) is 0 Å². The molecule has 180 valence electrons. The van der Waals surface area contributed by atoms with Crippen LogP contribution in [0.5, 0.6) is 0 Å². The SMILES string of the molecule is C[C@@H](O)[C@H](NC(=O)C1(CCNC(=O)OC(C)(C)C)C=CC(c2ccccc2)C=C1)C(=O)NO. The maximum atomic E-state index is 13.3. The van der Waals surface area contributed by atoms with Gasteiger partial charge in [-0.15, -0.1) is 0 Å². The monoisotopic (exact) mass is 459 g/mol. The number of alkyl carbamates (subject to hydrolysis) is 1. The molecular weight excluding hydrogens is 426 g/mol. The first kappa shape index (κ1) is 26.1. The minimum absolute atomic E-state index is 0.0424. The molecular formula is C24H33N3O6. The van der Waals surface area contributed by atoms with E-state index in [0.29, 0.717) is 0 Å². The number of carbonyl (C=O) groups is 3. The highest BCUT2D eigenvalue weighted by atomic mass is 16.6. The number of benzene rings is 1. The third kappa shape index (κ3) is 7.44. The van der Waals surface area contributed by atoms with E-state index in [1.54, 1.807) is 32.9 Å². The first-order chi connectivity index (χ1) is 15.5. The second kappa shape index (κ2) is 11.1. The Morgan fingerprint density at radius 2 is 1.73 bits per heavy atom. The highest BCUT2D eigenvalue weighted by Gasteiger charge is 2.38. The number of aliphatic hydroxyl groups is 1. The summed E-state index contributed by atoms with van der Waals surface area (Å²) in [5.41, 5.74) is 0.652. The van der Waals surface area contributed by atoms with E-state index in [0.717, 1.165) is 5.56 Å². The molecule has 2 rings (SSSR count). The van der Waals surface area contributed by atoms with Gasteiger partial charge in [0.2, 0.25) is 5.91 Å². The standard InChI is InChI=1S/C24H33N3O6/c1-16(28)19(20(29)27-32)26-21(30)24(14-15-25-22(31)33-23(2,3)4)12-10-18(11-13-24)17-8-6-5-7-9-17/h5-13,16,18-19,28,32H,14-15H2,1-4H3,(H,25,31)(H,26,30)(H,27,29)/t16-,18?,19+,24?/m1/s1. The van der Waals surface area contributed by atoms with Gasteiger partial charge in [-0.25, -0.2) is 10.3 Å². The molecule has 0 unspecified atom stereocenters. The zero-order valence-corrected chi connectivity index (χ0v) is 19.4. The van der Waals surface area contributed by atoms with Crippen molar-refractivity contribution in [3.05, 3.63) is 60.2 Å². The Labute approximate surface area is 193 Å². The molecule has 9 heteroatoms. The van der Waals surface area contributed by atoms with Crippen molar-refractivity contribution in [1.29, 1.82) is 0 Å². The molecule has 0 saturated carbocycles. The molecule has 0 aromatic heterocycles. The van der Waals surface area contributed by atoms with E-state index < -0.39 is 41.1 Å². The minimum atomic E-state index is -1.35. The van der Waals surface area contributed by atoms with Crippen LogP contribution in [0.2, 0.25) is 0 Å². The van der Waals surface area contributed by atoms with E-state index in [2.05, 4.69) is 10.6 Å². The van der Waals surface area contributed by atoms with Gasteiger partial charge in [-0.3, -0.25) is 14.8 Å². The molecule has 1 aliphatic carbocycles. The lowest BCUT2D eigenvalue weighted by atomic mass is 9.76. The van der Waals surface area contributed by atoms with Crippen molar-refractivity contribution in [2.24, 2.45) is 5.41 Å². The number of hydrogen-bond acceptors (Lipinski definition) is 6. The fourth-order valence-electron chi connectivity index (χ4n) is 3.44. The van der Waals surface area contributed by atoms with Gasteiger partial charge in [0.05, 0.1) is 11.5 Å². The van der Waals surface area contributed by atoms with Gasteiger partial charge in [-0.1, -0.05) is 54.6 Å². The largest absolute Gasteiger partial charge is 0.444 e. The molecule has 0 radical (unpaired) electrons. The average molecular weight is 460 g/mol. The number of hydrogen-bond donors (Lipinski definition) is 5. The molecule has 0 aliphatic heterocycles. The van der Waals surface area contributed by atoms with Crippen LogP contribution in [0, 0.1) is 5.41 Å². The summed E-state index contributed by atoms with van der Waals surface area (Å²) in [6, 6.07) is 8.37. The van der Waals surface area contributed by atoms with Gasteiger partial charge >= 0.3 is 6.09 Å². The summed E-state index contributed by atoms with van der Waals surface area (Å²) in [6.07, 6.45) is 5.55. The third-order valence-corrected chi connectivity index (χ3v) is 5.18. The van der Waals surface area contributed by atoms with Crippen molar-refractivity contribution in [2.45, 2.75) is 57.8 Å². The number of amides is 3. The number of allylic oxidation sites excluding steroid dienone is 2. The molecule has 1 aromatic rings. The Balaban J connectivity index is 2.21. The number of carbonyl (C=O) groups excluding carboxylic acids is 3.